The molecule has 0 aliphatic heterocycles. The van der Waals surface area contributed by atoms with E-state index in [4.69, 9.17) is 16.0 Å². The average Bonchev–Trinajstić information content (AvgIpc) is 3.07. The van der Waals surface area contributed by atoms with E-state index in [1.54, 1.807) is 12.1 Å². The first-order chi connectivity index (χ1) is 12.0. The number of halogens is 2. The van der Waals surface area contributed by atoms with Crippen molar-refractivity contribution in [3.8, 4) is 11.5 Å². The van der Waals surface area contributed by atoms with Gasteiger partial charge in [0.05, 0.1) is 6.04 Å². The van der Waals surface area contributed by atoms with Crippen molar-refractivity contribution in [2.75, 3.05) is 7.05 Å². The third kappa shape index (κ3) is 3.89. The zero-order chi connectivity index (χ0) is 18.0. The van der Waals surface area contributed by atoms with E-state index in [0.717, 1.165) is 11.1 Å². The summed E-state index contributed by atoms with van der Waals surface area (Å²) >= 11 is 6.11. The van der Waals surface area contributed by atoms with Crippen LogP contribution in [0.25, 0.3) is 11.5 Å². The molecule has 0 spiro atoms. The lowest BCUT2D eigenvalue weighted by Gasteiger charge is -2.22. The minimum Gasteiger partial charge on any atom is -0.419 e. The van der Waals surface area contributed by atoms with Crippen molar-refractivity contribution in [2.45, 2.75) is 26.4 Å². The van der Waals surface area contributed by atoms with E-state index < -0.39 is 0 Å². The Morgan fingerprint density at radius 3 is 2.68 bits per heavy atom. The third-order valence-corrected chi connectivity index (χ3v) is 4.55. The molecule has 0 saturated heterocycles. The van der Waals surface area contributed by atoms with Gasteiger partial charge in [-0.05, 0) is 45.2 Å². The lowest BCUT2D eigenvalue weighted by atomic mass is 10.1. The van der Waals surface area contributed by atoms with Crippen molar-refractivity contribution in [3.05, 3.63) is 70.3 Å². The number of rotatable bonds is 5. The largest absolute Gasteiger partial charge is 0.419 e. The average molecular weight is 360 g/mol. The van der Waals surface area contributed by atoms with Gasteiger partial charge in [0.1, 0.15) is 5.82 Å². The standard InChI is InChI=1S/C19H19ClFN3O/c1-12-6-4-7-14(10-12)19-23-22-18(25-19)13(2)24(3)11-15-16(20)8-5-9-17(15)21/h4-10,13H,11H2,1-3H3/t13-/m1/s1. The first-order valence-electron chi connectivity index (χ1n) is 7.99. The number of hydrogen-bond donors (Lipinski definition) is 0. The summed E-state index contributed by atoms with van der Waals surface area (Å²) in [7, 11) is 1.87. The number of aromatic nitrogens is 2. The van der Waals surface area contributed by atoms with Gasteiger partial charge in [0.15, 0.2) is 0 Å². The molecule has 4 nitrogen and oxygen atoms in total. The topological polar surface area (TPSA) is 42.2 Å². The molecule has 1 aromatic heterocycles. The maximum Gasteiger partial charge on any atom is 0.247 e. The van der Waals surface area contributed by atoms with Crippen LogP contribution < -0.4 is 0 Å². The predicted octanol–water partition coefficient (Wildman–Crippen LogP) is 5.03. The molecule has 2 aromatic carbocycles. The zero-order valence-corrected chi connectivity index (χ0v) is 15.1. The fraction of sp³-hybridized carbons (Fsp3) is 0.263. The van der Waals surface area contributed by atoms with Crippen LogP contribution in [0.5, 0.6) is 0 Å². The van der Waals surface area contributed by atoms with Crippen LogP contribution in [0.2, 0.25) is 5.02 Å². The Morgan fingerprint density at radius 2 is 1.96 bits per heavy atom. The monoisotopic (exact) mass is 359 g/mol. The molecule has 0 saturated carbocycles. The Kier molecular flexibility index (Phi) is 5.16. The van der Waals surface area contributed by atoms with Gasteiger partial charge in [-0.25, -0.2) is 4.39 Å². The van der Waals surface area contributed by atoms with Gasteiger partial charge in [-0.1, -0.05) is 35.4 Å². The normalized spacial score (nSPS) is 12.6. The molecule has 0 bridgehead atoms. The highest BCUT2D eigenvalue weighted by Crippen LogP contribution is 2.27. The number of nitrogens with zero attached hydrogens (tertiary/aromatic N) is 3. The molecular formula is C19H19ClFN3O. The van der Waals surface area contributed by atoms with E-state index in [9.17, 15) is 4.39 Å². The summed E-state index contributed by atoms with van der Waals surface area (Å²) in [6, 6.07) is 12.4. The van der Waals surface area contributed by atoms with Crippen molar-refractivity contribution < 1.29 is 8.81 Å². The minimum atomic E-state index is -0.322. The summed E-state index contributed by atoms with van der Waals surface area (Å²) in [5.41, 5.74) is 2.46. The van der Waals surface area contributed by atoms with Gasteiger partial charge in [0, 0.05) is 22.7 Å². The first kappa shape index (κ1) is 17.6. The van der Waals surface area contributed by atoms with Crippen molar-refractivity contribution in [1.29, 1.82) is 0 Å². The number of benzene rings is 2. The molecule has 0 unspecified atom stereocenters. The molecule has 0 amide bonds. The second-order valence-electron chi connectivity index (χ2n) is 6.11. The second kappa shape index (κ2) is 7.33. The van der Waals surface area contributed by atoms with Crippen LogP contribution in [0.15, 0.2) is 46.9 Å². The zero-order valence-electron chi connectivity index (χ0n) is 14.3. The van der Waals surface area contributed by atoms with Crippen molar-refractivity contribution in [2.24, 2.45) is 0 Å². The van der Waals surface area contributed by atoms with Gasteiger partial charge in [0.2, 0.25) is 11.8 Å². The highest BCUT2D eigenvalue weighted by molar-refractivity contribution is 6.31. The van der Waals surface area contributed by atoms with Crippen LogP contribution in [-0.4, -0.2) is 22.1 Å². The summed E-state index contributed by atoms with van der Waals surface area (Å²) in [6.45, 7) is 4.28. The Balaban J connectivity index is 1.78. The van der Waals surface area contributed by atoms with E-state index in [1.165, 1.54) is 6.07 Å². The van der Waals surface area contributed by atoms with Crippen LogP contribution in [0.4, 0.5) is 4.39 Å². The molecule has 25 heavy (non-hydrogen) atoms. The lowest BCUT2D eigenvalue weighted by molar-refractivity contribution is 0.215. The molecule has 1 heterocycles. The molecule has 0 N–H and O–H groups in total. The second-order valence-corrected chi connectivity index (χ2v) is 6.51. The van der Waals surface area contributed by atoms with Gasteiger partial charge < -0.3 is 4.42 Å². The smallest absolute Gasteiger partial charge is 0.247 e. The fourth-order valence-corrected chi connectivity index (χ4v) is 2.78. The Bertz CT molecular complexity index is 860. The fourth-order valence-electron chi connectivity index (χ4n) is 2.56. The molecule has 3 aromatic rings. The highest BCUT2D eigenvalue weighted by atomic mass is 35.5. The molecule has 3 rings (SSSR count). The number of aryl methyl sites for hydroxylation is 1. The van der Waals surface area contributed by atoms with Crippen molar-refractivity contribution in [3.63, 3.8) is 0 Å². The summed E-state index contributed by atoms with van der Waals surface area (Å²) in [5.74, 6) is 0.631. The third-order valence-electron chi connectivity index (χ3n) is 4.19. The maximum absolute atomic E-state index is 14.0. The summed E-state index contributed by atoms with van der Waals surface area (Å²) in [5, 5.41) is 8.68. The lowest BCUT2D eigenvalue weighted by Crippen LogP contribution is -2.23. The molecule has 1 atom stereocenters. The maximum atomic E-state index is 14.0. The van der Waals surface area contributed by atoms with Gasteiger partial charge in [-0.15, -0.1) is 10.2 Å². The van der Waals surface area contributed by atoms with Crippen LogP contribution >= 0.6 is 11.6 Å². The van der Waals surface area contributed by atoms with Gasteiger partial charge in [-0.2, -0.15) is 0 Å². The SMILES string of the molecule is Cc1cccc(-c2nnc([C@@H](C)N(C)Cc3c(F)cccc3Cl)o2)c1. The summed E-state index contributed by atoms with van der Waals surface area (Å²) in [6.07, 6.45) is 0. The van der Waals surface area contributed by atoms with Crippen molar-refractivity contribution in [1.82, 2.24) is 15.1 Å². The Morgan fingerprint density at radius 1 is 1.20 bits per heavy atom. The number of hydrogen-bond acceptors (Lipinski definition) is 4. The van der Waals surface area contributed by atoms with Crippen LogP contribution in [-0.2, 0) is 6.54 Å². The molecule has 0 radical (unpaired) electrons. The molecule has 0 aliphatic carbocycles. The van der Waals surface area contributed by atoms with E-state index in [0.29, 0.717) is 28.9 Å². The first-order valence-corrected chi connectivity index (χ1v) is 8.37. The van der Waals surface area contributed by atoms with E-state index in [1.807, 2.05) is 50.1 Å². The van der Waals surface area contributed by atoms with E-state index in [-0.39, 0.29) is 11.9 Å². The van der Waals surface area contributed by atoms with Crippen LogP contribution in [0.3, 0.4) is 0 Å². The van der Waals surface area contributed by atoms with Crippen LogP contribution in [0.1, 0.15) is 30.0 Å². The molecule has 6 heteroatoms. The quantitative estimate of drug-likeness (QED) is 0.640. The summed E-state index contributed by atoms with van der Waals surface area (Å²) in [4.78, 5) is 1.91. The Hall–Kier alpha value is -2.24. The van der Waals surface area contributed by atoms with Gasteiger partial charge in [-0.3, -0.25) is 4.90 Å². The molecule has 0 fully saturated rings. The van der Waals surface area contributed by atoms with Gasteiger partial charge in [0.25, 0.3) is 0 Å². The Labute approximate surface area is 151 Å². The van der Waals surface area contributed by atoms with Crippen molar-refractivity contribution >= 4 is 11.6 Å². The molecular weight excluding hydrogens is 341 g/mol. The van der Waals surface area contributed by atoms with Gasteiger partial charge >= 0.3 is 0 Å². The molecule has 0 aliphatic rings. The predicted molar refractivity (Wildman–Crippen MR) is 95.8 cm³/mol. The highest BCUT2D eigenvalue weighted by Gasteiger charge is 2.21. The van der Waals surface area contributed by atoms with Crippen LogP contribution in [0, 0.1) is 12.7 Å². The summed E-state index contributed by atoms with van der Waals surface area (Å²) < 4.78 is 19.8. The molecule has 130 valence electrons. The minimum absolute atomic E-state index is 0.179. The van der Waals surface area contributed by atoms with E-state index >= 15 is 0 Å². The van der Waals surface area contributed by atoms with E-state index in [2.05, 4.69) is 10.2 Å².